The largest absolute Gasteiger partial charge is 0.497 e. The molecule has 1 fully saturated rings. The van der Waals surface area contributed by atoms with Crippen LogP contribution in [0.15, 0.2) is 42.5 Å². The molecule has 22 heavy (non-hydrogen) atoms. The monoisotopic (exact) mass is 296 g/mol. The first-order valence-corrected chi connectivity index (χ1v) is 7.67. The van der Waals surface area contributed by atoms with Crippen molar-refractivity contribution < 1.29 is 14.3 Å². The van der Waals surface area contributed by atoms with Gasteiger partial charge in [-0.2, -0.15) is 0 Å². The van der Waals surface area contributed by atoms with E-state index in [1.807, 2.05) is 31.2 Å². The van der Waals surface area contributed by atoms with E-state index >= 15 is 0 Å². The molecule has 0 aromatic heterocycles. The standard InChI is InChI=1S/C19H20O3/c1-3-22-19(20)15-6-4-5-14(9-15)17-10-16(13-7-8-13)11-18(12-17)21-2/h4-6,9-13H,3,7-8H2,1-2H3. The normalized spacial score (nSPS) is 13.7. The van der Waals surface area contributed by atoms with Gasteiger partial charge in [0.15, 0.2) is 0 Å². The number of carbonyl (C=O) groups excluding carboxylic acids is 1. The summed E-state index contributed by atoms with van der Waals surface area (Å²) in [6, 6.07) is 13.9. The zero-order chi connectivity index (χ0) is 15.5. The van der Waals surface area contributed by atoms with E-state index in [2.05, 4.69) is 12.1 Å². The van der Waals surface area contributed by atoms with Crippen molar-refractivity contribution in [3.8, 4) is 16.9 Å². The zero-order valence-electron chi connectivity index (χ0n) is 13.0. The lowest BCUT2D eigenvalue weighted by Gasteiger charge is -2.10. The van der Waals surface area contributed by atoms with Crippen LogP contribution in [-0.4, -0.2) is 19.7 Å². The highest BCUT2D eigenvalue weighted by Crippen LogP contribution is 2.42. The number of hydrogen-bond acceptors (Lipinski definition) is 3. The Hall–Kier alpha value is -2.29. The van der Waals surface area contributed by atoms with Gasteiger partial charge in [-0.1, -0.05) is 18.2 Å². The van der Waals surface area contributed by atoms with Gasteiger partial charge in [0.2, 0.25) is 0 Å². The number of esters is 1. The molecule has 2 aromatic carbocycles. The predicted molar refractivity (Wildman–Crippen MR) is 86.4 cm³/mol. The van der Waals surface area contributed by atoms with Crippen molar-refractivity contribution in [3.05, 3.63) is 53.6 Å². The lowest BCUT2D eigenvalue weighted by atomic mass is 9.99. The molecule has 0 saturated heterocycles. The minimum atomic E-state index is -0.283. The Morgan fingerprint density at radius 1 is 1.14 bits per heavy atom. The third-order valence-corrected chi connectivity index (χ3v) is 3.92. The molecule has 1 aliphatic rings. The summed E-state index contributed by atoms with van der Waals surface area (Å²) in [6.07, 6.45) is 2.49. The van der Waals surface area contributed by atoms with Crippen molar-refractivity contribution in [1.82, 2.24) is 0 Å². The van der Waals surface area contributed by atoms with Gasteiger partial charge < -0.3 is 9.47 Å². The van der Waals surface area contributed by atoms with E-state index in [0.717, 1.165) is 16.9 Å². The highest BCUT2D eigenvalue weighted by atomic mass is 16.5. The van der Waals surface area contributed by atoms with Crippen LogP contribution < -0.4 is 4.74 Å². The molecule has 114 valence electrons. The maximum atomic E-state index is 11.9. The van der Waals surface area contributed by atoms with Crippen molar-refractivity contribution in [2.75, 3.05) is 13.7 Å². The molecule has 1 aliphatic carbocycles. The second-order valence-corrected chi connectivity index (χ2v) is 5.57. The molecule has 0 amide bonds. The number of benzene rings is 2. The highest BCUT2D eigenvalue weighted by molar-refractivity contribution is 5.91. The summed E-state index contributed by atoms with van der Waals surface area (Å²) >= 11 is 0. The van der Waals surface area contributed by atoms with Gasteiger partial charge in [-0.05, 0) is 66.6 Å². The van der Waals surface area contributed by atoms with E-state index in [0.29, 0.717) is 18.1 Å². The maximum Gasteiger partial charge on any atom is 0.338 e. The molecule has 0 atom stereocenters. The number of methoxy groups -OCH3 is 1. The second-order valence-electron chi connectivity index (χ2n) is 5.57. The molecule has 0 unspecified atom stereocenters. The molecule has 2 aromatic rings. The van der Waals surface area contributed by atoms with E-state index in [1.54, 1.807) is 13.2 Å². The summed E-state index contributed by atoms with van der Waals surface area (Å²) in [4.78, 5) is 11.9. The fourth-order valence-corrected chi connectivity index (χ4v) is 2.60. The Morgan fingerprint density at radius 2 is 1.95 bits per heavy atom. The number of ether oxygens (including phenoxy) is 2. The summed E-state index contributed by atoms with van der Waals surface area (Å²) in [5.74, 6) is 1.23. The molecule has 3 nitrogen and oxygen atoms in total. The third-order valence-electron chi connectivity index (χ3n) is 3.92. The van der Waals surface area contributed by atoms with Crippen LogP contribution in [0.2, 0.25) is 0 Å². The minimum absolute atomic E-state index is 0.283. The van der Waals surface area contributed by atoms with Gasteiger partial charge in [-0.15, -0.1) is 0 Å². The Morgan fingerprint density at radius 3 is 2.64 bits per heavy atom. The van der Waals surface area contributed by atoms with E-state index in [1.165, 1.54) is 18.4 Å². The first kappa shape index (κ1) is 14.6. The van der Waals surface area contributed by atoms with Crippen LogP contribution in [0.3, 0.4) is 0 Å². The fourth-order valence-electron chi connectivity index (χ4n) is 2.60. The van der Waals surface area contributed by atoms with Crippen LogP contribution in [0.1, 0.15) is 41.6 Å². The Balaban J connectivity index is 1.98. The smallest absolute Gasteiger partial charge is 0.338 e. The third kappa shape index (κ3) is 3.14. The molecule has 1 saturated carbocycles. The molecule has 0 radical (unpaired) electrons. The van der Waals surface area contributed by atoms with E-state index < -0.39 is 0 Å². The quantitative estimate of drug-likeness (QED) is 0.766. The summed E-state index contributed by atoms with van der Waals surface area (Å²) < 4.78 is 10.5. The Bertz CT molecular complexity index is 687. The van der Waals surface area contributed by atoms with Gasteiger partial charge in [0, 0.05) is 0 Å². The van der Waals surface area contributed by atoms with Gasteiger partial charge in [0.25, 0.3) is 0 Å². The second kappa shape index (κ2) is 6.22. The first-order chi connectivity index (χ1) is 10.7. The molecular formula is C19H20O3. The topological polar surface area (TPSA) is 35.5 Å². The Kier molecular flexibility index (Phi) is 4.14. The molecule has 0 N–H and O–H groups in total. The van der Waals surface area contributed by atoms with Crippen molar-refractivity contribution in [2.24, 2.45) is 0 Å². The van der Waals surface area contributed by atoms with E-state index in [-0.39, 0.29) is 5.97 Å². The first-order valence-electron chi connectivity index (χ1n) is 7.67. The van der Waals surface area contributed by atoms with E-state index in [9.17, 15) is 4.79 Å². The average molecular weight is 296 g/mol. The van der Waals surface area contributed by atoms with Crippen LogP contribution in [0.25, 0.3) is 11.1 Å². The summed E-state index contributed by atoms with van der Waals surface area (Å²) in [6.45, 7) is 2.19. The van der Waals surface area contributed by atoms with Crippen molar-refractivity contribution in [1.29, 1.82) is 0 Å². The lowest BCUT2D eigenvalue weighted by Crippen LogP contribution is -2.04. The molecule has 3 rings (SSSR count). The summed E-state index contributed by atoms with van der Waals surface area (Å²) in [5, 5.41) is 0. The van der Waals surface area contributed by atoms with Crippen LogP contribution >= 0.6 is 0 Å². The van der Waals surface area contributed by atoms with Crippen LogP contribution in [0, 0.1) is 0 Å². The van der Waals surface area contributed by atoms with Gasteiger partial charge in [0.05, 0.1) is 19.3 Å². The van der Waals surface area contributed by atoms with E-state index in [4.69, 9.17) is 9.47 Å². The SMILES string of the molecule is CCOC(=O)c1cccc(-c2cc(OC)cc(C3CC3)c2)c1. The van der Waals surface area contributed by atoms with Crippen LogP contribution in [0.5, 0.6) is 5.75 Å². The molecule has 3 heteroatoms. The van der Waals surface area contributed by atoms with Gasteiger partial charge in [-0.3, -0.25) is 0 Å². The minimum Gasteiger partial charge on any atom is -0.497 e. The highest BCUT2D eigenvalue weighted by Gasteiger charge is 2.24. The van der Waals surface area contributed by atoms with Crippen molar-refractivity contribution in [2.45, 2.75) is 25.7 Å². The van der Waals surface area contributed by atoms with Gasteiger partial charge in [-0.25, -0.2) is 4.79 Å². The number of rotatable bonds is 5. The van der Waals surface area contributed by atoms with Gasteiger partial charge in [0.1, 0.15) is 5.75 Å². The van der Waals surface area contributed by atoms with Gasteiger partial charge >= 0.3 is 5.97 Å². The fraction of sp³-hybridized carbons (Fsp3) is 0.316. The average Bonchev–Trinajstić information content (AvgIpc) is 3.39. The maximum absolute atomic E-state index is 11.9. The lowest BCUT2D eigenvalue weighted by molar-refractivity contribution is 0.0526. The molecular weight excluding hydrogens is 276 g/mol. The predicted octanol–water partition coefficient (Wildman–Crippen LogP) is 4.42. The zero-order valence-corrected chi connectivity index (χ0v) is 13.0. The molecule has 0 heterocycles. The molecule has 0 spiro atoms. The molecule has 0 aliphatic heterocycles. The summed E-state index contributed by atoms with van der Waals surface area (Å²) in [7, 11) is 1.69. The Labute approximate surface area is 130 Å². The van der Waals surface area contributed by atoms with Crippen molar-refractivity contribution >= 4 is 5.97 Å². The van der Waals surface area contributed by atoms with Crippen LogP contribution in [0.4, 0.5) is 0 Å². The van der Waals surface area contributed by atoms with Crippen LogP contribution in [-0.2, 0) is 4.74 Å². The molecule has 0 bridgehead atoms. The summed E-state index contributed by atoms with van der Waals surface area (Å²) in [5.41, 5.74) is 3.98. The number of hydrogen-bond donors (Lipinski definition) is 0. The number of carbonyl (C=O) groups is 1. The van der Waals surface area contributed by atoms with Crippen molar-refractivity contribution in [3.63, 3.8) is 0 Å².